The average molecular weight is 369 g/mol. The smallest absolute Gasteiger partial charge is 0.232 e. The standard InChI is InChI=1S/C19H32N2O3S/c1-14(2)10-12-20-18(22)11-13-21(25(6,23)24)19-16(5)8-7-9-17(19)15(3)4/h7-9,14-15H,10-13H2,1-6H3,(H,20,22). The van der Waals surface area contributed by atoms with Crippen LogP contribution in [0.5, 0.6) is 0 Å². The van der Waals surface area contributed by atoms with Gasteiger partial charge < -0.3 is 5.32 Å². The zero-order chi connectivity index (χ0) is 19.2. The number of carbonyl (C=O) groups excluding carboxylic acids is 1. The zero-order valence-corrected chi connectivity index (χ0v) is 17.1. The Labute approximate surface area is 152 Å². The number of nitrogens with zero attached hydrogens (tertiary/aromatic N) is 1. The van der Waals surface area contributed by atoms with Crippen molar-refractivity contribution in [1.29, 1.82) is 0 Å². The van der Waals surface area contributed by atoms with Crippen LogP contribution >= 0.6 is 0 Å². The van der Waals surface area contributed by atoms with Gasteiger partial charge >= 0.3 is 0 Å². The third-order valence-corrected chi connectivity index (χ3v) is 5.29. The first-order chi connectivity index (χ1) is 11.5. The molecule has 0 atom stereocenters. The van der Waals surface area contributed by atoms with Gasteiger partial charge in [0.15, 0.2) is 0 Å². The second kappa shape index (κ2) is 9.22. The summed E-state index contributed by atoms with van der Waals surface area (Å²) in [6, 6.07) is 5.79. The van der Waals surface area contributed by atoms with Crippen molar-refractivity contribution in [1.82, 2.24) is 5.32 Å². The summed E-state index contributed by atoms with van der Waals surface area (Å²) in [6.45, 7) is 11.0. The van der Waals surface area contributed by atoms with Crippen LogP contribution in [-0.4, -0.2) is 33.7 Å². The maximum absolute atomic E-state index is 12.4. The molecule has 1 rings (SSSR count). The maximum atomic E-state index is 12.4. The molecule has 0 saturated heterocycles. The van der Waals surface area contributed by atoms with Crippen molar-refractivity contribution < 1.29 is 13.2 Å². The highest BCUT2D eigenvalue weighted by atomic mass is 32.2. The fraction of sp³-hybridized carbons (Fsp3) is 0.632. The molecule has 0 aromatic heterocycles. The second-order valence-corrected chi connectivity index (χ2v) is 9.19. The van der Waals surface area contributed by atoms with Gasteiger partial charge in [0.25, 0.3) is 0 Å². The molecule has 0 aliphatic heterocycles. The lowest BCUT2D eigenvalue weighted by molar-refractivity contribution is -0.120. The number of benzene rings is 1. The van der Waals surface area contributed by atoms with E-state index in [0.717, 1.165) is 17.5 Å². The molecule has 0 fully saturated rings. The largest absolute Gasteiger partial charge is 0.356 e. The van der Waals surface area contributed by atoms with E-state index < -0.39 is 10.0 Å². The van der Waals surface area contributed by atoms with Crippen LogP contribution in [0.3, 0.4) is 0 Å². The fourth-order valence-corrected chi connectivity index (χ4v) is 3.73. The third kappa shape index (κ3) is 6.69. The lowest BCUT2D eigenvalue weighted by Crippen LogP contribution is -2.36. The summed E-state index contributed by atoms with van der Waals surface area (Å²) >= 11 is 0. The van der Waals surface area contributed by atoms with E-state index in [4.69, 9.17) is 0 Å². The monoisotopic (exact) mass is 368 g/mol. The molecule has 1 amide bonds. The van der Waals surface area contributed by atoms with Gasteiger partial charge in [-0.3, -0.25) is 9.10 Å². The minimum atomic E-state index is -3.47. The molecule has 1 N–H and O–H groups in total. The predicted octanol–water partition coefficient (Wildman–Crippen LogP) is 3.44. The molecule has 5 nitrogen and oxygen atoms in total. The number of anilines is 1. The first-order valence-electron chi connectivity index (χ1n) is 8.88. The molecule has 0 saturated carbocycles. The molecule has 0 radical (unpaired) electrons. The van der Waals surface area contributed by atoms with E-state index in [1.165, 1.54) is 10.6 Å². The van der Waals surface area contributed by atoms with Gasteiger partial charge in [0.2, 0.25) is 15.9 Å². The Hall–Kier alpha value is -1.56. The second-order valence-electron chi connectivity index (χ2n) is 7.29. The van der Waals surface area contributed by atoms with Crippen LogP contribution in [-0.2, 0) is 14.8 Å². The van der Waals surface area contributed by atoms with E-state index in [0.29, 0.717) is 18.2 Å². The Bertz CT molecular complexity index is 682. The Morgan fingerprint density at radius 3 is 2.36 bits per heavy atom. The van der Waals surface area contributed by atoms with E-state index in [1.54, 1.807) is 0 Å². The van der Waals surface area contributed by atoms with Crippen LogP contribution in [0.4, 0.5) is 5.69 Å². The third-order valence-electron chi connectivity index (χ3n) is 4.13. The van der Waals surface area contributed by atoms with Crippen LogP contribution in [0.25, 0.3) is 0 Å². The van der Waals surface area contributed by atoms with Crippen molar-refractivity contribution in [3.63, 3.8) is 0 Å². The van der Waals surface area contributed by atoms with Crippen LogP contribution in [0.2, 0.25) is 0 Å². The van der Waals surface area contributed by atoms with E-state index in [9.17, 15) is 13.2 Å². The first kappa shape index (κ1) is 21.5. The van der Waals surface area contributed by atoms with Gasteiger partial charge in [-0.1, -0.05) is 45.9 Å². The number of aryl methyl sites for hydroxylation is 1. The summed E-state index contributed by atoms with van der Waals surface area (Å²) in [6.07, 6.45) is 2.26. The molecule has 25 heavy (non-hydrogen) atoms. The number of para-hydroxylation sites is 1. The molecule has 1 aromatic rings. The summed E-state index contributed by atoms with van der Waals surface area (Å²) in [5.41, 5.74) is 2.58. The molecule has 142 valence electrons. The van der Waals surface area contributed by atoms with E-state index >= 15 is 0 Å². The van der Waals surface area contributed by atoms with Gasteiger partial charge in [0.1, 0.15) is 0 Å². The molecule has 0 bridgehead atoms. The summed E-state index contributed by atoms with van der Waals surface area (Å²) in [5.74, 6) is 0.599. The predicted molar refractivity (Wildman–Crippen MR) is 105 cm³/mol. The Morgan fingerprint density at radius 2 is 1.84 bits per heavy atom. The number of amides is 1. The number of sulfonamides is 1. The van der Waals surface area contributed by atoms with Gasteiger partial charge in [-0.05, 0) is 36.3 Å². The first-order valence-corrected chi connectivity index (χ1v) is 10.7. The van der Waals surface area contributed by atoms with Gasteiger partial charge in [0.05, 0.1) is 11.9 Å². The summed E-state index contributed by atoms with van der Waals surface area (Å²) in [4.78, 5) is 12.1. The normalized spacial score (nSPS) is 11.8. The zero-order valence-electron chi connectivity index (χ0n) is 16.3. The highest BCUT2D eigenvalue weighted by molar-refractivity contribution is 7.92. The number of rotatable bonds is 9. The van der Waals surface area contributed by atoms with Crippen molar-refractivity contribution in [2.24, 2.45) is 5.92 Å². The average Bonchev–Trinajstić information content (AvgIpc) is 2.46. The van der Waals surface area contributed by atoms with Crippen molar-refractivity contribution in [2.45, 2.75) is 53.4 Å². The topological polar surface area (TPSA) is 66.5 Å². The fourth-order valence-electron chi connectivity index (χ4n) is 2.72. The molecular weight excluding hydrogens is 336 g/mol. The van der Waals surface area contributed by atoms with Gasteiger partial charge in [-0.25, -0.2) is 8.42 Å². The quantitative estimate of drug-likeness (QED) is 0.726. The number of hydrogen-bond acceptors (Lipinski definition) is 3. The molecule has 0 unspecified atom stereocenters. The molecule has 0 heterocycles. The Morgan fingerprint density at radius 1 is 1.20 bits per heavy atom. The number of carbonyl (C=O) groups is 1. The van der Waals surface area contributed by atoms with Crippen molar-refractivity contribution >= 4 is 21.6 Å². The van der Waals surface area contributed by atoms with Gasteiger partial charge in [0, 0.05) is 19.5 Å². The van der Waals surface area contributed by atoms with Gasteiger partial charge in [-0.2, -0.15) is 0 Å². The molecule has 1 aromatic carbocycles. The maximum Gasteiger partial charge on any atom is 0.232 e. The molecule has 0 spiro atoms. The Balaban J connectivity index is 2.97. The Kier molecular flexibility index (Phi) is 7.93. The van der Waals surface area contributed by atoms with Crippen LogP contribution in [0.15, 0.2) is 18.2 Å². The highest BCUT2D eigenvalue weighted by Gasteiger charge is 2.23. The van der Waals surface area contributed by atoms with Crippen molar-refractivity contribution in [3.8, 4) is 0 Å². The minimum absolute atomic E-state index is 0.117. The molecule has 6 heteroatoms. The van der Waals surface area contributed by atoms with E-state index in [2.05, 4.69) is 19.2 Å². The van der Waals surface area contributed by atoms with Crippen molar-refractivity contribution in [3.05, 3.63) is 29.3 Å². The highest BCUT2D eigenvalue weighted by Crippen LogP contribution is 2.32. The molecular formula is C19H32N2O3S. The number of nitrogens with one attached hydrogen (secondary N) is 1. The van der Waals surface area contributed by atoms with Crippen LogP contribution in [0.1, 0.15) is 57.6 Å². The summed E-state index contributed by atoms with van der Waals surface area (Å²) < 4.78 is 26.1. The lowest BCUT2D eigenvalue weighted by atomic mass is 9.98. The van der Waals surface area contributed by atoms with E-state index in [1.807, 2.05) is 39.0 Å². The summed E-state index contributed by atoms with van der Waals surface area (Å²) in [7, 11) is -3.47. The van der Waals surface area contributed by atoms with Crippen LogP contribution < -0.4 is 9.62 Å². The molecule has 0 aliphatic rings. The van der Waals surface area contributed by atoms with E-state index in [-0.39, 0.29) is 24.8 Å². The van der Waals surface area contributed by atoms with Crippen molar-refractivity contribution in [2.75, 3.05) is 23.7 Å². The minimum Gasteiger partial charge on any atom is -0.356 e. The van der Waals surface area contributed by atoms with Gasteiger partial charge in [-0.15, -0.1) is 0 Å². The summed E-state index contributed by atoms with van der Waals surface area (Å²) in [5, 5.41) is 2.86. The SMILES string of the molecule is Cc1cccc(C(C)C)c1N(CCC(=O)NCCC(C)C)S(C)(=O)=O. The number of hydrogen-bond donors (Lipinski definition) is 1. The lowest BCUT2D eigenvalue weighted by Gasteiger charge is -2.28. The molecule has 0 aliphatic carbocycles. The van der Waals surface area contributed by atoms with Crippen LogP contribution in [0, 0.1) is 12.8 Å².